The quantitative estimate of drug-likeness (QED) is 0.749. The molecular formula is C19H14ClNO4. The molecule has 0 saturated carbocycles. The number of benzene rings is 2. The summed E-state index contributed by atoms with van der Waals surface area (Å²) in [6.07, 6.45) is 2.45. The van der Waals surface area contributed by atoms with Crippen molar-refractivity contribution in [3.05, 3.63) is 87.3 Å². The highest BCUT2D eigenvalue weighted by Gasteiger charge is 2.14. The molecule has 0 fully saturated rings. The van der Waals surface area contributed by atoms with Crippen LogP contribution in [0.3, 0.4) is 0 Å². The zero-order valence-electron chi connectivity index (χ0n) is 13.0. The zero-order valence-corrected chi connectivity index (χ0v) is 13.8. The molecule has 0 amide bonds. The average Bonchev–Trinajstić information content (AvgIpc) is 2.59. The molecule has 5 nitrogen and oxygen atoms in total. The summed E-state index contributed by atoms with van der Waals surface area (Å²) in [6.45, 7) is 0.299. The lowest BCUT2D eigenvalue weighted by Gasteiger charge is -2.13. The smallest absolute Gasteiger partial charge is 0.341 e. The predicted octanol–water partition coefficient (Wildman–Crippen LogP) is 3.62. The second-order valence-corrected chi connectivity index (χ2v) is 5.96. The number of carbonyl (C=O) groups is 1. The number of carboxylic acid groups (broad SMARTS) is 1. The van der Waals surface area contributed by atoms with Crippen LogP contribution in [0.1, 0.15) is 15.9 Å². The van der Waals surface area contributed by atoms with E-state index in [9.17, 15) is 14.7 Å². The molecule has 2 N–H and O–H groups in total. The van der Waals surface area contributed by atoms with E-state index in [0.29, 0.717) is 11.6 Å². The first-order valence-corrected chi connectivity index (χ1v) is 7.83. The van der Waals surface area contributed by atoms with Crippen molar-refractivity contribution in [2.24, 2.45) is 0 Å². The first-order chi connectivity index (χ1) is 12.0. The minimum absolute atomic E-state index is 0.299. The van der Waals surface area contributed by atoms with Crippen LogP contribution in [-0.4, -0.2) is 20.7 Å². The second-order valence-electron chi connectivity index (χ2n) is 5.53. The maximum atomic E-state index is 11.7. The Kier molecular flexibility index (Phi) is 4.59. The van der Waals surface area contributed by atoms with Crippen LogP contribution in [0.5, 0.6) is 5.75 Å². The van der Waals surface area contributed by atoms with E-state index in [1.165, 1.54) is 17.0 Å². The molecule has 0 spiro atoms. The first kappa shape index (κ1) is 16.8. The number of aromatic hydroxyl groups is 1. The largest absolute Gasteiger partial charge is 0.503 e. The van der Waals surface area contributed by atoms with Crippen LogP contribution < -0.4 is 5.43 Å². The zero-order chi connectivity index (χ0) is 18.0. The van der Waals surface area contributed by atoms with Gasteiger partial charge in [0.1, 0.15) is 5.56 Å². The average molecular weight is 356 g/mol. The van der Waals surface area contributed by atoms with Crippen LogP contribution in [0, 0.1) is 0 Å². The Balaban J connectivity index is 2.04. The molecule has 1 aromatic heterocycles. The molecular weight excluding hydrogens is 342 g/mol. The summed E-state index contributed by atoms with van der Waals surface area (Å²) in [5.74, 6) is -1.97. The van der Waals surface area contributed by atoms with Crippen molar-refractivity contribution in [1.29, 1.82) is 0 Å². The minimum Gasteiger partial charge on any atom is -0.503 e. The molecule has 2 aromatic carbocycles. The second kappa shape index (κ2) is 6.83. The van der Waals surface area contributed by atoms with Crippen molar-refractivity contribution < 1.29 is 15.0 Å². The molecule has 1 heterocycles. The van der Waals surface area contributed by atoms with Gasteiger partial charge in [-0.15, -0.1) is 0 Å². The maximum Gasteiger partial charge on any atom is 0.341 e. The lowest BCUT2D eigenvalue weighted by molar-refractivity contribution is 0.0694. The maximum absolute atomic E-state index is 11.7. The van der Waals surface area contributed by atoms with E-state index >= 15 is 0 Å². The van der Waals surface area contributed by atoms with Gasteiger partial charge in [0.2, 0.25) is 5.43 Å². The van der Waals surface area contributed by atoms with Gasteiger partial charge >= 0.3 is 5.97 Å². The van der Waals surface area contributed by atoms with Gasteiger partial charge in [0.05, 0.1) is 6.20 Å². The standard InChI is InChI=1S/C19H14ClNO4/c20-14-7-5-12(6-8-14)15-4-2-1-3-13(15)9-21-10-16(19(24)25)18(23)17(22)11-21/h1-8,10-11,22H,9H2,(H,24,25). The van der Waals surface area contributed by atoms with Crippen molar-refractivity contribution in [1.82, 2.24) is 4.57 Å². The number of rotatable bonds is 4. The lowest BCUT2D eigenvalue weighted by Crippen LogP contribution is -2.17. The summed E-state index contributed by atoms with van der Waals surface area (Å²) in [6, 6.07) is 15.0. The van der Waals surface area contributed by atoms with E-state index in [1.54, 1.807) is 12.1 Å². The van der Waals surface area contributed by atoms with E-state index in [4.69, 9.17) is 16.7 Å². The molecule has 0 unspecified atom stereocenters. The van der Waals surface area contributed by atoms with E-state index in [0.717, 1.165) is 16.7 Å². The van der Waals surface area contributed by atoms with E-state index in [2.05, 4.69) is 0 Å². The summed E-state index contributed by atoms with van der Waals surface area (Å²) in [7, 11) is 0. The molecule has 3 aromatic rings. The summed E-state index contributed by atoms with van der Waals surface area (Å²) >= 11 is 5.93. The lowest BCUT2D eigenvalue weighted by atomic mass is 9.99. The van der Waals surface area contributed by atoms with Crippen LogP contribution in [0.2, 0.25) is 5.02 Å². The third kappa shape index (κ3) is 3.56. The molecule has 25 heavy (non-hydrogen) atoms. The molecule has 0 aliphatic heterocycles. The van der Waals surface area contributed by atoms with Gasteiger partial charge in [-0.25, -0.2) is 4.79 Å². The van der Waals surface area contributed by atoms with Crippen LogP contribution in [-0.2, 0) is 6.54 Å². The molecule has 0 atom stereocenters. The van der Waals surface area contributed by atoms with Crippen LogP contribution >= 0.6 is 11.6 Å². The Morgan fingerprint density at radius 1 is 1.04 bits per heavy atom. The van der Waals surface area contributed by atoms with Crippen molar-refractivity contribution in [2.45, 2.75) is 6.54 Å². The number of pyridine rings is 1. The molecule has 0 saturated heterocycles. The minimum atomic E-state index is -1.37. The van der Waals surface area contributed by atoms with Gasteiger partial charge in [-0.2, -0.15) is 0 Å². The SMILES string of the molecule is O=C(O)c1cn(Cc2ccccc2-c2ccc(Cl)cc2)cc(O)c1=O. The Labute approximate surface area is 148 Å². The highest BCUT2D eigenvalue weighted by Crippen LogP contribution is 2.26. The Morgan fingerprint density at radius 3 is 2.40 bits per heavy atom. The summed E-state index contributed by atoms with van der Waals surface area (Å²) in [5.41, 5.74) is 1.46. The van der Waals surface area contributed by atoms with Crippen molar-refractivity contribution in [3.63, 3.8) is 0 Å². The normalized spacial score (nSPS) is 10.6. The van der Waals surface area contributed by atoms with Crippen LogP contribution in [0.25, 0.3) is 11.1 Å². The third-order valence-electron chi connectivity index (χ3n) is 3.82. The fourth-order valence-corrected chi connectivity index (χ4v) is 2.75. The Bertz CT molecular complexity index is 993. The number of hydrogen-bond acceptors (Lipinski definition) is 3. The van der Waals surface area contributed by atoms with Crippen LogP contribution in [0.15, 0.2) is 65.7 Å². The third-order valence-corrected chi connectivity index (χ3v) is 4.07. The van der Waals surface area contributed by atoms with E-state index < -0.39 is 22.7 Å². The number of aromatic nitrogens is 1. The monoisotopic (exact) mass is 355 g/mol. The topological polar surface area (TPSA) is 79.5 Å². The molecule has 126 valence electrons. The highest BCUT2D eigenvalue weighted by atomic mass is 35.5. The number of halogens is 1. The molecule has 3 rings (SSSR count). The van der Waals surface area contributed by atoms with Gasteiger partial charge < -0.3 is 14.8 Å². The highest BCUT2D eigenvalue weighted by molar-refractivity contribution is 6.30. The van der Waals surface area contributed by atoms with Gasteiger partial charge in [0, 0.05) is 17.8 Å². The first-order valence-electron chi connectivity index (χ1n) is 7.46. The fourth-order valence-electron chi connectivity index (χ4n) is 2.62. The van der Waals surface area contributed by atoms with Gasteiger partial charge in [0.15, 0.2) is 5.75 Å². The summed E-state index contributed by atoms with van der Waals surface area (Å²) < 4.78 is 1.48. The Hall–Kier alpha value is -3.05. The summed E-state index contributed by atoms with van der Waals surface area (Å²) in [5, 5.41) is 19.5. The number of carboxylic acids is 1. The van der Waals surface area contributed by atoms with E-state index in [-0.39, 0.29) is 0 Å². The van der Waals surface area contributed by atoms with Crippen molar-refractivity contribution >= 4 is 17.6 Å². The van der Waals surface area contributed by atoms with Crippen LogP contribution in [0.4, 0.5) is 0 Å². The van der Waals surface area contributed by atoms with Gasteiger partial charge in [-0.1, -0.05) is 48.0 Å². The van der Waals surface area contributed by atoms with Crippen molar-refractivity contribution in [3.8, 4) is 16.9 Å². The molecule has 0 bridgehead atoms. The fraction of sp³-hybridized carbons (Fsp3) is 0.0526. The van der Waals surface area contributed by atoms with Gasteiger partial charge in [-0.3, -0.25) is 4.79 Å². The van der Waals surface area contributed by atoms with E-state index in [1.807, 2.05) is 36.4 Å². The molecule has 0 aliphatic carbocycles. The predicted molar refractivity (Wildman–Crippen MR) is 95.3 cm³/mol. The summed E-state index contributed by atoms with van der Waals surface area (Å²) in [4.78, 5) is 22.8. The molecule has 0 aliphatic rings. The molecule has 0 radical (unpaired) electrons. The Morgan fingerprint density at radius 2 is 1.72 bits per heavy atom. The van der Waals surface area contributed by atoms with Crippen molar-refractivity contribution in [2.75, 3.05) is 0 Å². The van der Waals surface area contributed by atoms with Gasteiger partial charge in [0.25, 0.3) is 0 Å². The number of aromatic carboxylic acids is 1. The molecule has 6 heteroatoms. The number of hydrogen-bond donors (Lipinski definition) is 2. The number of nitrogens with zero attached hydrogens (tertiary/aromatic N) is 1. The van der Waals surface area contributed by atoms with Gasteiger partial charge in [-0.05, 0) is 28.8 Å².